The van der Waals surface area contributed by atoms with Crippen LogP contribution in [0.3, 0.4) is 0 Å². The third-order valence-electron chi connectivity index (χ3n) is 5.25. The largest absolute Gasteiger partial charge is 0.495 e. The molecule has 7 nitrogen and oxygen atoms in total. The van der Waals surface area contributed by atoms with Crippen LogP contribution in [0.4, 0.5) is 5.69 Å². The Bertz CT molecular complexity index is 752. The monoisotopic (exact) mass is 381 g/mol. The molecule has 0 bridgehead atoms. The molecule has 1 N–H and O–H groups in total. The molecule has 26 heavy (non-hydrogen) atoms. The first-order valence-electron chi connectivity index (χ1n) is 9.09. The van der Waals surface area contributed by atoms with E-state index >= 15 is 0 Å². The van der Waals surface area contributed by atoms with Crippen molar-refractivity contribution in [1.82, 2.24) is 9.21 Å². The first-order valence-corrected chi connectivity index (χ1v) is 10.5. The number of hydrogen-bond donors (Lipinski definition) is 1. The first kappa shape index (κ1) is 19.1. The smallest absolute Gasteiger partial charge is 0.243 e. The van der Waals surface area contributed by atoms with Gasteiger partial charge in [-0.25, -0.2) is 8.42 Å². The molecule has 8 heteroatoms. The molecule has 1 saturated heterocycles. The van der Waals surface area contributed by atoms with Crippen molar-refractivity contribution < 1.29 is 17.9 Å². The van der Waals surface area contributed by atoms with Crippen LogP contribution in [0, 0.1) is 5.92 Å². The predicted octanol–water partition coefficient (Wildman–Crippen LogP) is 1.76. The number of ether oxygens (including phenoxy) is 1. The fraction of sp³-hybridized carbons (Fsp3) is 0.611. The van der Waals surface area contributed by atoms with E-state index in [0.29, 0.717) is 37.6 Å². The maximum atomic E-state index is 12.9. The lowest BCUT2D eigenvalue weighted by atomic mass is 10.1. The van der Waals surface area contributed by atoms with E-state index in [0.717, 1.165) is 25.7 Å². The van der Waals surface area contributed by atoms with E-state index in [1.165, 1.54) is 23.5 Å². The molecule has 2 fully saturated rings. The molecule has 1 heterocycles. The minimum absolute atomic E-state index is 0.00222. The van der Waals surface area contributed by atoms with Crippen LogP contribution in [0.25, 0.3) is 0 Å². The van der Waals surface area contributed by atoms with E-state index in [1.807, 2.05) is 7.05 Å². The van der Waals surface area contributed by atoms with Crippen LogP contribution in [0.1, 0.15) is 25.7 Å². The number of methoxy groups -OCH3 is 1. The molecule has 1 aromatic carbocycles. The van der Waals surface area contributed by atoms with Gasteiger partial charge in [0.1, 0.15) is 5.75 Å². The third-order valence-corrected chi connectivity index (χ3v) is 7.15. The Morgan fingerprint density at radius 2 is 1.81 bits per heavy atom. The summed E-state index contributed by atoms with van der Waals surface area (Å²) in [6.07, 6.45) is 3.89. The topological polar surface area (TPSA) is 79.0 Å². The molecule has 1 aromatic rings. The summed E-state index contributed by atoms with van der Waals surface area (Å²) in [5.74, 6) is 0.404. The third kappa shape index (κ3) is 4.02. The van der Waals surface area contributed by atoms with Crippen molar-refractivity contribution in [1.29, 1.82) is 0 Å². The number of amides is 1. The molecule has 144 valence electrons. The summed E-state index contributed by atoms with van der Waals surface area (Å²) in [6.45, 7) is 2.35. The highest BCUT2D eigenvalue weighted by atomic mass is 32.2. The van der Waals surface area contributed by atoms with Crippen LogP contribution in [0.5, 0.6) is 5.75 Å². The van der Waals surface area contributed by atoms with Gasteiger partial charge in [0.2, 0.25) is 15.9 Å². The Hall–Kier alpha value is -1.64. The van der Waals surface area contributed by atoms with Gasteiger partial charge >= 0.3 is 0 Å². The van der Waals surface area contributed by atoms with Gasteiger partial charge in [-0.2, -0.15) is 4.31 Å². The van der Waals surface area contributed by atoms with E-state index in [1.54, 1.807) is 6.07 Å². The molecule has 0 aromatic heterocycles. The Balaban J connectivity index is 1.83. The van der Waals surface area contributed by atoms with Crippen LogP contribution in [-0.2, 0) is 14.8 Å². The van der Waals surface area contributed by atoms with Crippen molar-refractivity contribution in [3.05, 3.63) is 18.2 Å². The number of carbonyl (C=O) groups excluding carboxylic acids is 1. The van der Waals surface area contributed by atoms with E-state index in [9.17, 15) is 13.2 Å². The summed E-state index contributed by atoms with van der Waals surface area (Å²) in [5.41, 5.74) is 0.416. The van der Waals surface area contributed by atoms with Crippen LogP contribution >= 0.6 is 0 Å². The number of hydrogen-bond acceptors (Lipinski definition) is 5. The van der Waals surface area contributed by atoms with Crippen molar-refractivity contribution in [3.63, 3.8) is 0 Å². The number of anilines is 1. The van der Waals surface area contributed by atoms with Gasteiger partial charge in [-0.15, -0.1) is 0 Å². The minimum Gasteiger partial charge on any atom is -0.495 e. The molecule has 1 saturated carbocycles. The maximum absolute atomic E-state index is 12.9. The second-order valence-electron chi connectivity index (χ2n) is 7.04. The van der Waals surface area contributed by atoms with Crippen LogP contribution in [0.15, 0.2) is 23.1 Å². The number of rotatable bonds is 5. The zero-order chi connectivity index (χ0) is 18.7. The highest BCUT2D eigenvalue weighted by Crippen LogP contribution is 2.31. The summed E-state index contributed by atoms with van der Waals surface area (Å²) in [4.78, 5) is 14.7. The molecular formula is C18H27N3O4S. The highest BCUT2D eigenvalue weighted by molar-refractivity contribution is 7.89. The van der Waals surface area contributed by atoms with Crippen molar-refractivity contribution in [2.24, 2.45) is 5.92 Å². The molecular weight excluding hydrogens is 354 g/mol. The van der Waals surface area contributed by atoms with Gasteiger partial charge in [0.15, 0.2) is 0 Å². The lowest BCUT2D eigenvalue weighted by Crippen LogP contribution is -2.47. The lowest BCUT2D eigenvalue weighted by Gasteiger charge is -2.31. The Morgan fingerprint density at radius 3 is 2.42 bits per heavy atom. The lowest BCUT2D eigenvalue weighted by molar-refractivity contribution is -0.119. The Labute approximate surface area is 155 Å². The van der Waals surface area contributed by atoms with Crippen molar-refractivity contribution in [3.8, 4) is 5.75 Å². The van der Waals surface area contributed by atoms with Crippen LogP contribution < -0.4 is 10.1 Å². The number of sulfonamides is 1. The second kappa shape index (κ2) is 7.94. The van der Waals surface area contributed by atoms with E-state index in [2.05, 4.69) is 10.2 Å². The quantitative estimate of drug-likeness (QED) is 0.841. The summed E-state index contributed by atoms with van der Waals surface area (Å²) in [5, 5.41) is 2.87. The molecule has 0 unspecified atom stereocenters. The fourth-order valence-electron chi connectivity index (χ4n) is 3.55. The number of likely N-dealkylation sites (N-methyl/N-ethyl adjacent to an activating group) is 1. The average molecular weight is 381 g/mol. The number of nitrogens with zero attached hydrogens (tertiary/aromatic N) is 2. The Kier molecular flexibility index (Phi) is 5.84. The number of nitrogens with one attached hydrogen (secondary N) is 1. The minimum atomic E-state index is -3.59. The first-order chi connectivity index (χ1) is 12.4. The van der Waals surface area contributed by atoms with E-state index in [-0.39, 0.29) is 16.7 Å². The van der Waals surface area contributed by atoms with Gasteiger partial charge in [-0.3, -0.25) is 4.79 Å². The summed E-state index contributed by atoms with van der Waals surface area (Å²) in [6, 6.07) is 4.66. The van der Waals surface area contributed by atoms with Gasteiger partial charge in [0.05, 0.1) is 17.7 Å². The van der Waals surface area contributed by atoms with E-state index in [4.69, 9.17) is 4.74 Å². The molecule has 0 atom stereocenters. The molecule has 0 radical (unpaired) electrons. The molecule has 2 aliphatic rings. The maximum Gasteiger partial charge on any atom is 0.243 e. The standard InChI is InChI=1S/C18H27N3O4S/c1-20-9-11-21(12-10-20)26(23,24)15-7-8-17(25-2)16(13-15)19-18(22)14-5-3-4-6-14/h7-8,13-14H,3-6,9-12H2,1-2H3,(H,19,22). The van der Waals surface area contributed by atoms with Gasteiger partial charge < -0.3 is 15.0 Å². The summed E-state index contributed by atoms with van der Waals surface area (Å²) in [7, 11) is -0.0987. The molecule has 3 rings (SSSR count). The van der Waals surface area contributed by atoms with Crippen LogP contribution in [0.2, 0.25) is 0 Å². The average Bonchev–Trinajstić information content (AvgIpc) is 3.17. The van der Waals surface area contributed by atoms with Crippen molar-refractivity contribution >= 4 is 21.6 Å². The summed E-state index contributed by atoms with van der Waals surface area (Å²) < 4.78 is 32.7. The van der Waals surface area contributed by atoms with Gasteiger partial charge in [-0.05, 0) is 38.1 Å². The molecule has 1 aliphatic carbocycles. The Morgan fingerprint density at radius 1 is 1.15 bits per heavy atom. The molecule has 1 amide bonds. The van der Waals surface area contributed by atoms with Crippen molar-refractivity contribution in [2.75, 3.05) is 45.7 Å². The number of piperazine rings is 1. The second-order valence-corrected chi connectivity index (χ2v) is 8.98. The fourth-order valence-corrected chi connectivity index (χ4v) is 4.99. The number of carbonyl (C=O) groups is 1. The zero-order valence-corrected chi connectivity index (χ0v) is 16.2. The van der Waals surface area contributed by atoms with Gasteiger partial charge in [0.25, 0.3) is 0 Å². The summed E-state index contributed by atoms with van der Waals surface area (Å²) >= 11 is 0. The molecule has 0 spiro atoms. The highest BCUT2D eigenvalue weighted by Gasteiger charge is 2.29. The van der Waals surface area contributed by atoms with E-state index < -0.39 is 10.0 Å². The number of benzene rings is 1. The predicted molar refractivity (Wildman–Crippen MR) is 99.8 cm³/mol. The van der Waals surface area contributed by atoms with Gasteiger partial charge in [-0.1, -0.05) is 12.8 Å². The SMILES string of the molecule is COc1ccc(S(=O)(=O)N2CCN(C)CC2)cc1NC(=O)C1CCCC1. The van der Waals surface area contributed by atoms with Gasteiger partial charge in [0, 0.05) is 32.1 Å². The normalized spacial score (nSPS) is 20.2. The molecule has 1 aliphatic heterocycles. The van der Waals surface area contributed by atoms with Crippen LogP contribution in [-0.4, -0.2) is 63.9 Å². The van der Waals surface area contributed by atoms with Crippen molar-refractivity contribution in [2.45, 2.75) is 30.6 Å². The zero-order valence-electron chi connectivity index (χ0n) is 15.4.